The second-order valence-corrected chi connectivity index (χ2v) is 4.09. The van der Waals surface area contributed by atoms with E-state index < -0.39 is 0 Å². The molecule has 0 spiro atoms. The maximum absolute atomic E-state index is 10.9. The van der Waals surface area contributed by atoms with Gasteiger partial charge in [-0.2, -0.15) is 0 Å². The van der Waals surface area contributed by atoms with Crippen molar-refractivity contribution in [3.8, 4) is 0 Å². The Labute approximate surface area is 80.1 Å². The summed E-state index contributed by atoms with van der Waals surface area (Å²) < 4.78 is 5.60. The summed E-state index contributed by atoms with van der Waals surface area (Å²) in [6.45, 7) is 9.08. The normalized spacial score (nSPS) is 25.1. The summed E-state index contributed by atoms with van der Waals surface area (Å²) in [6, 6.07) is 0. The van der Waals surface area contributed by atoms with Gasteiger partial charge in [0, 0.05) is 13.1 Å². The molecule has 0 amide bonds. The highest BCUT2D eigenvalue weighted by molar-refractivity contribution is 5.77. The third kappa shape index (κ3) is 3.44. The Kier molecular flexibility index (Phi) is 3.88. The van der Waals surface area contributed by atoms with Crippen LogP contribution in [-0.4, -0.2) is 43.0 Å². The first kappa shape index (κ1) is 10.7. The van der Waals surface area contributed by atoms with E-state index in [4.69, 9.17) is 4.74 Å². The van der Waals surface area contributed by atoms with E-state index in [9.17, 15) is 4.79 Å². The van der Waals surface area contributed by atoms with Gasteiger partial charge in [-0.15, -0.1) is 0 Å². The summed E-state index contributed by atoms with van der Waals surface area (Å²) in [5, 5.41) is 0. The maximum atomic E-state index is 10.9. The monoisotopic (exact) mass is 185 g/mol. The minimum atomic E-state index is 0.240. The molecule has 13 heavy (non-hydrogen) atoms. The molecule has 1 aliphatic rings. The summed E-state index contributed by atoms with van der Waals surface area (Å²) in [7, 11) is 0. The summed E-state index contributed by atoms with van der Waals surface area (Å²) in [5.41, 5.74) is 0. The van der Waals surface area contributed by atoms with Gasteiger partial charge in [-0.3, -0.25) is 9.69 Å². The van der Waals surface area contributed by atoms with Crippen molar-refractivity contribution < 1.29 is 9.53 Å². The number of carbonyl (C=O) groups excluding carboxylic acids is 1. The number of carbonyl (C=O) groups is 1. The molecule has 0 aromatic carbocycles. The molecule has 0 saturated carbocycles. The van der Waals surface area contributed by atoms with Crippen LogP contribution < -0.4 is 0 Å². The Bertz CT molecular complexity index is 180. The minimum absolute atomic E-state index is 0.240. The molecular formula is C10H19NO2. The highest BCUT2D eigenvalue weighted by Gasteiger charge is 2.23. The van der Waals surface area contributed by atoms with Gasteiger partial charge in [0.1, 0.15) is 5.78 Å². The first-order valence-electron chi connectivity index (χ1n) is 4.93. The summed E-state index contributed by atoms with van der Waals surface area (Å²) in [6.07, 6.45) is 0.299. The SMILES string of the molecule is CC(=O)CN1CCOC(C(C)C)C1. The largest absolute Gasteiger partial charge is 0.375 e. The van der Waals surface area contributed by atoms with Crippen LogP contribution in [-0.2, 0) is 9.53 Å². The first-order valence-corrected chi connectivity index (χ1v) is 4.93. The molecule has 1 saturated heterocycles. The van der Waals surface area contributed by atoms with Crippen LogP contribution in [0, 0.1) is 5.92 Å². The quantitative estimate of drug-likeness (QED) is 0.655. The lowest BCUT2D eigenvalue weighted by Gasteiger charge is -2.34. The number of nitrogens with zero attached hydrogens (tertiary/aromatic N) is 1. The number of ketones is 1. The van der Waals surface area contributed by atoms with E-state index in [-0.39, 0.29) is 5.78 Å². The number of ether oxygens (including phenoxy) is 1. The average molecular weight is 185 g/mol. The topological polar surface area (TPSA) is 29.5 Å². The van der Waals surface area contributed by atoms with Crippen molar-refractivity contribution >= 4 is 5.78 Å². The lowest BCUT2D eigenvalue weighted by atomic mass is 10.1. The summed E-state index contributed by atoms with van der Waals surface area (Å²) >= 11 is 0. The van der Waals surface area contributed by atoms with Crippen LogP contribution in [0.1, 0.15) is 20.8 Å². The van der Waals surface area contributed by atoms with E-state index in [1.807, 2.05) is 0 Å². The molecule has 0 N–H and O–H groups in total. The van der Waals surface area contributed by atoms with Gasteiger partial charge < -0.3 is 4.74 Å². The van der Waals surface area contributed by atoms with Crippen molar-refractivity contribution in [3.63, 3.8) is 0 Å². The van der Waals surface area contributed by atoms with Crippen LogP contribution in [0.25, 0.3) is 0 Å². The molecule has 76 valence electrons. The minimum Gasteiger partial charge on any atom is -0.375 e. The van der Waals surface area contributed by atoms with Gasteiger partial charge in [0.05, 0.1) is 19.3 Å². The molecule has 1 fully saturated rings. The molecule has 1 unspecified atom stereocenters. The summed E-state index contributed by atoms with van der Waals surface area (Å²) in [5.74, 6) is 0.777. The Morgan fingerprint density at radius 1 is 1.62 bits per heavy atom. The standard InChI is InChI=1S/C10H19NO2/c1-8(2)10-7-11(4-5-13-10)6-9(3)12/h8,10H,4-7H2,1-3H3. The zero-order valence-corrected chi connectivity index (χ0v) is 8.75. The van der Waals surface area contributed by atoms with Crippen molar-refractivity contribution in [1.82, 2.24) is 4.90 Å². The summed E-state index contributed by atoms with van der Waals surface area (Å²) in [4.78, 5) is 13.1. The highest BCUT2D eigenvalue weighted by atomic mass is 16.5. The van der Waals surface area contributed by atoms with Crippen LogP contribution in [0.2, 0.25) is 0 Å². The second kappa shape index (κ2) is 4.72. The van der Waals surface area contributed by atoms with Crippen molar-refractivity contribution in [1.29, 1.82) is 0 Å². The fraction of sp³-hybridized carbons (Fsp3) is 0.900. The molecule has 3 heteroatoms. The molecule has 1 heterocycles. The third-order valence-corrected chi connectivity index (χ3v) is 2.37. The lowest BCUT2D eigenvalue weighted by Crippen LogP contribution is -2.46. The van der Waals surface area contributed by atoms with E-state index >= 15 is 0 Å². The fourth-order valence-electron chi connectivity index (χ4n) is 1.59. The van der Waals surface area contributed by atoms with E-state index in [2.05, 4.69) is 18.7 Å². The molecular weight excluding hydrogens is 166 g/mol. The van der Waals surface area contributed by atoms with E-state index in [1.54, 1.807) is 6.92 Å². The Morgan fingerprint density at radius 3 is 2.85 bits per heavy atom. The van der Waals surface area contributed by atoms with Crippen LogP contribution in [0.4, 0.5) is 0 Å². The molecule has 1 rings (SSSR count). The van der Waals surface area contributed by atoms with Crippen molar-refractivity contribution in [2.75, 3.05) is 26.2 Å². The Morgan fingerprint density at radius 2 is 2.31 bits per heavy atom. The molecule has 1 atom stereocenters. The molecule has 0 bridgehead atoms. The molecule has 0 radical (unpaired) electrons. The van der Waals surface area contributed by atoms with Crippen LogP contribution >= 0.6 is 0 Å². The van der Waals surface area contributed by atoms with E-state index in [0.717, 1.165) is 19.7 Å². The lowest BCUT2D eigenvalue weighted by molar-refractivity contribution is -0.120. The van der Waals surface area contributed by atoms with Gasteiger partial charge >= 0.3 is 0 Å². The van der Waals surface area contributed by atoms with Gasteiger partial charge in [-0.25, -0.2) is 0 Å². The number of rotatable bonds is 3. The molecule has 0 aliphatic carbocycles. The van der Waals surface area contributed by atoms with Crippen LogP contribution in [0.15, 0.2) is 0 Å². The van der Waals surface area contributed by atoms with Crippen molar-refractivity contribution in [3.05, 3.63) is 0 Å². The maximum Gasteiger partial charge on any atom is 0.143 e. The zero-order chi connectivity index (χ0) is 9.84. The highest BCUT2D eigenvalue weighted by Crippen LogP contribution is 2.12. The Balaban J connectivity index is 2.37. The van der Waals surface area contributed by atoms with Crippen molar-refractivity contribution in [2.45, 2.75) is 26.9 Å². The molecule has 3 nitrogen and oxygen atoms in total. The van der Waals surface area contributed by atoms with Crippen LogP contribution in [0.5, 0.6) is 0 Å². The van der Waals surface area contributed by atoms with Crippen molar-refractivity contribution in [2.24, 2.45) is 5.92 Å². The second-order valence-electron chi connectivity index (χ2n) is 4.09. The first-order chi connectivity index (χ1) is 6.09. The number of hydrogen-bond acceptors (Lipinski definition) is 3. The van der Waals surface area contributed by atoms with E-state index in [1.165, 1.54) is 0 Å². The Hall–Kier alpha value is -0.410. The third-order valence-electron chi connectivity index (χ3n) is 2.37. The van der Waals surface area contributed by atoms with Gasteiger partial charge in [0.25, 0.3) is 0 Å². The van der Waals surface area contributed by atoms with Gasteiger partial charge in [-0.1, -0.05) is 13.8 Å². The number of Topliss-reactive ketones (excluding diaryl/α,β-unsaturated/α-hetero) is 1. The predicted octanol–water partition coefficient (Wildman–Crippen LogP) is 0.932. The molecule has 1 aliphatic heterocycles. The number of hydrogen-bond donors (Lipinski definition) is 0. The van der Waals surface area contributed by atoms with Gasteiger partial charge in [0.15, 0.2) is 0 Å². The van der Waals surface area contributed by atoms with Gasteiger partial charge in [-0.05, 0) is 12.8 Å². The average Bonchev–Trinajstić information content (AvgIpc) is 2.03. The molecule has 0 aromatic heterocycles. The van der Waals surface area contributed by atoms with Crippen LogP contribution in [0.3, 0.4) is 0 Å². The predicted molar refractivity (Wildman–Crippen MR) is 51.7 cm³/mol. The zero-order valence-electron chi connectivity index (χ0n) is 8.75. The number of morpholine rings is 1. The fourth-order valence-corrected chi connectivity index (χ4v) is 1.59. The van der Waals surface area contributed by atoms with E-state index in [0.29, 0.717) is 18.6 Å². The smallest absolute Gasteiger partial charge is 0.143 e. The molecule has 0 aromatic rings. The van der Waals surface area contributed by atoms with Gasteiger partial charge in [0.2, 0.25) is 0 Å².